The molecule has 19 heavy (non-hydrogen) atoms. The molecule has 0 saturated carbocycles. The van der Waals surface area contributed by atoms with Crippen molar-refractivity contribution in [2.24, 2.45) is 0 Å². The highest BCUT2D eigenvalue weighted by atomic mass is 16.5. The van der Waals surface area contributed by atoms with Crippen LogP contribution < -0.4 is 10.1 Å². The minimum Gasteiger partial charge on any atom is -0.486 e. The molecule has 0 radical (unpaired) electrons. The molecule has 0 spiro atoms. The van der Waals surface area contributed by atoms with E-state index in [1.54, 1.807) is 0 Å². The number of aryl methyl sites for hydroxylation is 1. The van der Waals surface area contributed by atoms with Gasteiger partial charge in [-0.1, -0.05) is 32.4 Å². The van der Waals surface area contributed by atoms with Crippen LogP contribution in [0.5, 0.6) is 5.75 Å². The van der Waals surface area contributed by atoms with Crippen LogP contribution >= 0.6 is 0 Å². The fourth-order valence-electron chi connectivity index (χ4n) is 2.52. The van der Waals surface area contributed by atoms with E-state index in [9.17, 15) is 0 Å². The molecular formula is C16H25NO2. The molecule has 2 atom stereocenters. The minimum atomic E-state index is 0.116. The zero-order valence-corrected chi connectivity index (χ0v) is 12.0. The predicted molar refractivity (Wildman–Crippen MR) is 77.8 cm³/mol. The topological polar surface area (TPSA) is 30.5 Å². The van der Waals surface area contributed by atoms with E-state index >= 15 is 0 Å². The summed E-state index contributed by atoms with van der Waals surface area (Å²) < 4.78 is 11.6. The molecule has 106 valence electrons. The fraction of sp³-hybridized carbons (Fsp3) is 0.625. The van der Waals surface area contributed by atoms with Gasteiger partial charge in [0.15, 0.2) is 0 Å². The van der Waals surface area contributed by atoms with Gasteiger partial charge in [0.2, 0.25) is 0 Å². The van der Waals surface area contributed by atoms with Crippen molar-refractivity contribution in [1.29, 1.82) is 0 Å². The summed E-state index contributed by atoms with van der Waals surface area (Å²) in [4.78, 5) is 0. The van der Waals surface area contributed by atoms with Crippen LogP contribution in [0.15, 0.2) is 24.3 Å². The van der Waals surface area contributed by atoms with E-state index in [0.717, 1.165) is 31.7 Å². The van der Waals surface area contributed by atoms with Crippen molar-refractivity contribution in [2.45, 2.75) is 45.3 Å². The van der Waals surface area contributed by atoms with E-state index < -0.39 is 0 Å². The molecule has 1 aliphatic heterocycles. The molecule has 0 aliphatic carbocycles. The van der Waals surface area contributed by atoms with Crippen LogP contribution in [0.1, 0.15) is 32.3 Å². The molecule has 1 N–H and O–H groups in total. The lowest BCUT2D eigenvalue weighted by Crippen LogP contribution is -2.49. The zero-order valence-electron chi connectivity index (χ0n) is 12.0. The summed E-state index contributed by atoms with van der Waals surface area (Å²) in [5.74, 6) is 0.943. The molecule has 3 heteroatoms. The van der Waals surface area contributed by atoms with Gasteiger partial charge in [-0.3, -0.25) is 0 Å². The van der Waals surface area contributed by atoms with Crippen molar-refractivity contribution in [2.75, 3.05) is 19.8 Å². The first-order valence-electron chi connectivity index (χ1n) is 7.40. The third kappa shape index (κ3) is 4.22. The molecule has 0 amide bonds. The molecule has 1 saturated heterocycles. The van der Waals surface area contributed by atoms with Gasteiger partial charge in [-0.15, -0.1) is 0 Å². The third-order valence-corrected chi connectivity index (χ3v) is 3.52. The van der Waals surface area contributed by atoms with Gasteiger partial charge in [-0.05, 0) is 37.1 Å². The SMILES string of the molecule is CCCc1ccc(OC2COCCC2NCC)cc1. The van der Waals surface area contributed by atoms with E-state index in [-0.39, 0.29) is 6.10 Å². The van der Waals surface area contributed by atoms with Crippen LogP contribution in [-0.2, 0) is 11.2 Å². The van der Waals surface area contributed by atoms with Crippen molar-refractivity contribution in [3.8, 4) is 5.75 Å². The van der Waals surface area contributed by atoms with Gasteiger partial charge in [0, 0.05) is 12.6 Å². The molecule has 2 rings (SSSR count). The van der Waals surface area contributed by atoms with E-state index in [1.165, 1.54) is 12.0 Å². The number of benzene rings is 1. The summed E-state index contributed by atoms with van der Waals surface area (Å²) in [6, 6.07) is 8.86. The van der Waals surface area contributed by atoms with Gasteiger partial charge in [-0.2, -0.15) is 0 Å². The maximum absolute atomic E-state index is 6.07. The number of ether oxygens (including phenoxy) is 2. The van der Waals surface area contributed by atoms with Gasteiger partial charge in [0.1, 0.15) is 11.9 Å². The Hall–Kier alpha value is -1.06. The first-order chi connectivity index (χ1) is 9.33. The summed E-state index contributed by atoms with van der Waals surface area (Å²) in [5, 5.41) is 3.48. The normalized spacial score (nSPS) is 23.3. The monoisotopic (exact) mass is 263 g/mol. The van der Waals surface area contributed by atoms with Gasteiger partial charge in [0.25, 0.3) is 0 Å². The predicted octanol–water partition coefficient (Wildman–Crippen LogP) is 2.78. The van der Waals surface area contributed by atoms with Crippen LogP contribution in [0.3, 0.4) is 0 Å². The van der Waals surface area contributed by atoms with Crippen molar-refractivity contribution in [3.63, 3.8) is 0 Å². The number of rotatable bonds is 6. The summed E-state index contributed by atoms with van der Waals surface area (Å²) in [6.07, 6.45) is 3.45. The largest absolute Gasteiger partial charge is 0.486 e. The molecule has 0 bridgehead atoms. The number of hydrogen-bond donors (Lipinski definition) is 1. The van der Waals surface area contributed by atoms with E-state index in [2.05, 4.69) is 43.4 Å². The standard InChI is InChI=1S/C16H25NO2/c1-3-5-13-6-8-14(9-7-13)19-16-12-18-11-10-15(16)17-4-2/h6-9,15-17H,3-5,10-12H2,1-2H3. The highest BCUT2D eigenvalue weighted by Crippen LogP contribution is 2.19. The number of nitrogens with one attached hydrogen (secondary N) is 1. The fourth-order valence-corrected chi connectivity index (χ4v) is 2.52. The Labute approximate surface area is 116 Å². The van der Waals surface area contributed by atoms with Crippen molar-refractivity contribution in [3.05, 3.63) is 29.8 Å². The highest BCUT2D eigenvalue weighted by Gasteiger charge is 2.26. The van der Waals surface area contributed by atoms with Crippen LogP contribution in [0.25, 0.3) is 0 Å². The maximum atomic E-state index is 6.07. The van der Waals surface area contributed by atoms with Crippen molar-refractivity contribution >= 4 is 0 Å². The summed E-state index contributed by atoms with van der Waals surface area (Å²) in [7, 11) is 0. The van der Waals surface area contributed by atoms with Crippen molar-refractivity contribution in [1.82, 2.24) is 5.32 Å². The molecule has 1 aliphatic rings. The van der Waals surface area contributed by atoms with Gasteiger partial charge < -0.3 is 14.8 Å². The molecule has 1 aromatic rings. The minimum absolute atomic E-state index is 0.116. The quantitative estimate of drug-likeness (QED) is 0.856. The Kier molecular flexibility index (Phi) is 5.67. The lowest BCUT2D eigenvalue weighted by Gasteiger charge is -2.32. The summed E-state index contributed by atoms with van der Waals surface area (Å²) in [5.41, 5.74) is 1.37. The first-order valence-corrected chi connectivity index (χ1v) is 7.40. The Bertz CT molecular complexity index is 362. The lowest BCUT2D eigenvalue weighted by molar-refractivity contribution is -0.0143. The third-order valence-electron chi connectivity index (χ3n) is 3.52. The number of hydrogen-bond acceptors (Lipinski definition) is 3. The summed E-state index contributed by atoms with van der Waals surface area (Å²) in [6.45, 7) is 6.80. The molecule has 1 heterocycles. The molecule has 0 aromatic heterocycles. The van der Waals surface area contributed by atoms with Gasteiger partial charge >= 0.3 is 0 Å². The summed E-state index contributed by atoms with van der Waals surface area (Å²) >= 11 is 0. The van der Waals surface area contributed by atoms with E-state index in [1.807, 2.05) is 0 Å². The van der Waals surface area contributed by atoms with Crippen LogP contribution in [0.2, 0.25) is 0 Å². The Morgan fingerprint density at radius 3 is 2.74 bits per heavy atom. The second kappa shape index (κ2) is 7.51. The van der Waals surface area contributed by atoms with Crippen molar-refractivity contribution < 1.29 is 9.47 Å². The average Bonchev–Trinajstić information content (AvgIpc) is 2.44. The maximum Gasteiger partial charge on any atom is 0.137 e. The zero-order chi connectivity index (χ0) is 13.5. The smallest absolute Gasteiger partial charge is 0.137 e. The Morgan fingerprint density at radius 1 is 1.26 bits per heavy atom. The van der Waals surface area contributed by atoms with Gasteiger partial charge in [0.05, 0.1) is 6.61 Å². The Morgan fingerprint density at radius 2 is 2.05 bits per heavy atom. The second-order valence-corrected chi connectivity index (χ2v) is 5.08. The highest BCUT2D eigenvalue weighted by molar-refractivity contribution is 5.27. The van der Waals surface area contributed by atoms with Crippen LogP contribution in [0, 0.1) is 0 Å². The Balaban J connectivity index is 1.94. The van der Waals surface area contributed by atoms with Crippen LogP contribution in [0.4, 0.5) is 0 Å². The molecule has 1 aromatic carbocycles. The molecule has 2 unspecified atom stereocenters. The molecule has 3 nitrogen and oxygen atoms in total. The average molecular weight is 263 g/mol. The lowest BCUT2D eigenvalue weighted by atomic mass is 10.1. The number of likely N-dealkylation sites (N-methyl/N-ethyl adjacent to an activating group) is 1. The first kappa shape index (κ1) is 14.4. The molecule has 1 fully saturated rings. The van der Waals surface area contributed by atoms with Gasteiger partial charge in [-0.25, -0.2) is 0 Å². The van der Waals surface area contributed by atoms with E-state index in [0.29, 0.717) is 12.6 Å². The van der Waals surface area contributed by atoms with Crippen LogP contribution in [-0.4, -0.2) is 31.9 Å². The van der Waals surface area contributed by atoms with E-state index in [4.69, 9.17) is 9.47 Å². The molecular weight excluding hydrogens is 238 g/mol. The second-order valence-electron chi connectivity index (χ2n) is 5.08.